The van der Waals surface area contributed by atoms with Gasteiger partial charge in [-0.25, -0.2) is 4.98 Å². The van der Waals surface area contributed by atoms with E-state index in [0.29, 0.717) is 24.5 Å². The van der Waals surface area contributed by atoms with Crippen molar-refractivity contribution in [2.75, 3.05) is 32.0 Å². The number of rotatable bonds is 9. The number of β-lactam (4-membered cyclic amide) rings is 1. The van der Waals surface area contributed by atoms with Crippen LogP contribution in [-0.2, 0) is 33.4 Å². The lowest BCUT2D eigenvalue weighted by Crippen LogP contribution is -2.71. The first kappa shape index (κ1) is 30.2. The fourth-order valence-corrected chi connectivity index (χ4v) is 6.60. The number of carbonyl (C=O) groups excluding carboxylic acids is 3. The van der Waals surface area contributed by atoms with Crippen molar-refractivity contribution < 1.29 is 33.4 Å². The molecule has 3 aliphatic rings. The van der Waals surface area contributed by atoms with Crippen molar-refractivity contribution >= 4 is 69.0 Å². The van der Waals surface area contributed by atoms with Gasteiger partial charge in [0.15, 0.2) is 10.8 Å². The van der Waals surface area contributed by atoms with Gasteiger partial charge in [0.25, 0.3) is 11.8 Å². The predicted molar refractivity (Wildman–Crippen MR) is 154 cm³/mol. The van der Waals surface area contributed by atoms with E-state index in [1.165, 1.54) is 18.9 Å². The molecule has 0 bridgehead atoms. The second-order valence-electron chi connectivity index (χ2n) is 10.4. The minimum absolute atomic E-state index is 0.0163. The van der Waals surface area contributed by atoms with Gasteiger partial charge in [0.2, 0.25) is 11.8 Å². The molecule has 0 saturated carbocycles. The molecule has 0 aliphatic carbocycles. The van der Waals surface area contributed by atoms with Crippen LogP contribution in [0, 0.1) is 5.41 Å². The quantitative estimate of drug-likeness (QED) is 0.106. The number of hydrogen-bond acceptors (Lipinski definition) is 13. The predicted octanol–water partition coefficient (Wildman–Crippen LogP) is 2.58. The molecule has 3 aliphatic heterocycles. The van der Waals surface area contributed by atoms with Crippen LogP contribution in [0.5, 0.6) is 0 Å². The van der Waals surface area contributed by atoms with Crippen LogP contribution in [0.25, 0.3) is 0 Å². The number of carbonyl (C=O) groups is 3. The van der Waals surface area contributed by atoms with Crippen molar-refractivity contribution in [3.8, 4) is 0 Å². The molecular formula is C25H33N5O7S3. The van der Waals surface area contributed by atoms with Gasteiger partial charge in [-0.1, -0.05) is 5.16 Å². The third-order valence-electron chi connectivity index (χ3n) is 6.43. The second-order valence-corrected chi connectivity index (χ2v) is 12.8. The molecule has 0 spiro atoms. The van der Waals surface area contributed by atoms with Crippen molar-refractivity contribution in [2.24, 2.45) is 10.6 Å². The van der Waals surface area contributed by atoms with Crippen LogP contribution >= 0.6 is 35.3 Å². The second kappa shape index (κ2) is 12.8. The van der Waals surface area contributed by atoms with Crippen molar-refractivity contribution in [3.63, 3.8) is 0 Å². The van der Waals surface area contributed by atoms with Crippen LogP contribution in [0.15, 0.2) is 21.8 Å². The summed E-state index contributed by atoms with van der Waals surface area (Å²) in [5, 5.41) is 8.02. The van der Waals surface area contributed by atoms with Crippen LogP contribution in [0.4, 0.5) is 5.13 Å². The Bertz CT molecular complexity index is 1220. The highest BCUT2D eigenvalue weighted by Crippen LogP contribution is 2.42. The highest BCUT2D eigenvalue weighted by atomic mass is 32.2. The van der Waals surface area contributed by atoms with Gasteiger partial charge in [0.05, 0.1) is 17.2 Å². The number of ether oxygens (including phenoxy) is 3. The Morgan fingerprint density at radius 2 is 2.10 bits per heavy atom. The Balaban J connectivity index is 1.50. The van der Waals surface area contributed by atoms with Gasteiger partial charge < -0.3 is 30.1 Å². The zero-order chi connectivity index (χ0) is 29.0. The third kappa shape index (κ3) is 6.75. The number of thiazole rings is 1. The monoisotopic (exact) mass is 611 g/mol. The number of oxime groups is 1. The summed E-state index contributed by atoms with van der Waals surface area (Å²) >= 11 is 8.26. The van der Waals surface area contributed by atoms with Crippen molar-refractivity contribution in [2.45, 2.75) is 64.0 Å². The fourth-order valence-electron chi connectivity index (χ4n) is 4.39. The van der Waals surface area contributed by atoms with E-state index < -0.39 is 28.7 Å². The summed E-state index contributed by atoms with van der Waals surface area (Å²) < 4.78 is 16.8. The normalized spacial score (nSPS) is 23.2. The molecule has 2 unspecified atom stereocenters. The number of thiocarbonyl (C=S) groups is 1. The lowest BCUT2D eigenvalue weighted by molar-refractivity contribution is -0.160. The molecular weight excluding hydrogens is 579 g/mol. The van der Waals surface area contributed by atoms with Gasteiger partial charge in [0, 0.05) is 17.7 Å². The molecule has 2 saturated heterocycles. The maximum atomic E-state index is 13.4. The molecule has 1 aromatic rings. The number of hydrogen-bond donors (Lipinski definition) is 2. The van der Waals surface area contributed by atoms with Gasteiger partial charge in [-0.15, -0.1) is 23.1 Å². The average molecular weight is 612 g/mol. The molecule has 2 amide bonds. The maximum Gasteiger partial charge on any atom is 0.314 e. The lowest BCUT2D eigenvalue weighted by Gasteiger charge is -2.50. The maximum absolute atomic E-state index is 13.4. The van der Waals surface area contributed by atoms with Crippen LogP contribution in [0.3, 0.4) is 0 Å². The summed E-state index contributed by atoms with van der Waals surface area (Å²) in [5.74, 6) is -0.848. The number of esters is 1. The highest BCUT2D eigenvalue weighted by Gasteiger charge is 2.54. The molecule has 0 radical (unpaired) electrons. The summed E-state index contributed by atoms with van der Waals surface area (Å²) in [6, 6.07) is -0.834. The first-order valence-corrected chi connectivity index (χ1v) is 15.1. The van der Waals surface area contributed by atoms with Crippen LogP contribution in [0.2, 0.25) is 0 Å². The fraction of sp³-hybridized carbons (Fsp3) is 0.600. The number of aromatic nitrogens is 1. The summed E-state index contributed by atoms with van der Waals surface area (Å²) in [4.78, 5) is 49.2. The third-order valence-corrected chi connectivity index (χ3v) is 8.75. The molecule has 40 heavy (non-hydrogen) atoms. The lowest BCUT2D eigenvalue weighted by atomic mass is 9.97. The summed E-state index contributed by atoms with van der Waals surface area (Å²) in [5.41, 5.74) is 6.54. The smallest absolute Gasteiger partial charge is 0.314 e. The number of nitrogens with one attached hydrogen (secondary N) is 1. The number of fused-ring (bicyclic) bond motifs is 1. The van der Waals surface area contributed by atoms with Gasteiger partial charge in [-0.05, 0) is 64.2 Å². The Morgan fingerprint density at radius 1 is 1.32 bits per heavy atom. The molecule has 15 heteroatoms. The Labute approximate surface area is 246 Å². The molecule has 3 atom stereocenters. The van der Waals surface area contributed by atoms with E-state index in [4.69, 9.17) is 37.0 Å². The number of nitrogens with two attached hydrogens (primary N) is 1. The topological polar surface area (TPSA) is 155 Å². The average Bonchev–Trinajstić information content (AvgIpc) is 3.35. The Hall–Kier alpha value is -2.75. The van der Waals surface area contributed by atoms with Crippen molar-refractivity contribution in [3.05, 3.63) is 22.3 Å². The highest BCUT2D eigenvalue weighted by molar-refractivity contribution is 8.00. The molecule has 2 fully saturated rings. The number of nitrogens with zero attached hydrogens (tertiary/aromatic N) is 3. The SMILES string of the molecule is CO/N=C(\C(=O)NC1C(=O)N2C(C(=S)OCOC(=O)C(C)(C)C)=C(CC3CCCCO3)CS[C@H]12)c1csc(N)n1. The van der Waals surface area contributed by atoms with E-state index >= 15 is 0 Å². The zero-order valence-corrected chi connectivity index (χ0v) is 25.2. The first-order chi connectivity index (χ1) is 19.0. The first-order valence-electron chi connectivity index (χ1n) is 12.8. The van der Waals surface area contributed by atoms with E-state index in [0.717, 1.165) is 36.2 Å². The number of anilines is 1. The molecule has 0 aromatic carbocycles. The number of nitrogen functional groups attached to an aromatic ring is 1. The molecule has 3 N–H and O–H groups in total. The van der Waals surface area contributed by atoms with Crippen LogP contribution in [-0.4, -0.2) is 82.2 Å². The standard InChI is InChI=1S/C25H33N5O7S3/c1-25(2,3)23(33)37-12-36-22(38)18-13(9-14-7-5-6-8-35-14)10-39-21-17(20(32)30(18)21)28-19(31)16(29-34-4)15-11-40-24(26)27-15/h11,14,17,21H,5-10,12H2,1-4H3,(H2,26,27)(H,28,31)/b29-16-/t14?,17?,21-/m1/s1. The van der Waals surface area contributed by atoms with E-state index in [1.54, 1.807) is 31.1 Å². The van der Waals surface area contributed by atoms with E-state index in [1.807, 2.05) is 0 Å². The summed E-state index contributed by atoms with van der Waals surface area (Å²) in [7, 11) is 1.31. The molecule has 4 rings (SSSR count). The molecule has 1 aromatic heterocycles. The van der Waals surface area contributed by atoms with E-state index in [2.05, 4.69) is 15.5 Å². The van der Waals surface area contributed by atoms with E-state index in [9.17, 15) is 14.4 Å². The minimum Gasteiger partial charge on any atom is -0.445 e. The number of thioether (sulfide) groups is 1. The molecule has 4 heterocycles. The zero-order valence-electron chi connectivity index (χ0n) is 22.8. The Kier molecular flexibility index (Phi) is 9.69. The van der Waals surface area contributed by atoms with Gasteiger partial charge in [-0.2, -0.15) is 0 Å². The number of amides is 2. The Morgan fingerprint density at radius 3 is 2.73 bits per heavy atom. The summed E-state index contributed by atoms with van der Waals surface area (Å²) in [6.07, 6.45) is 3.61. The van der Waals surface area contributed by atoms with Crippen LogP contribution in [0.1, 0.15) is 52.1 Å². The minimum atomic E-state index is -0.834. The van der Waals surface area contributed by atoms with Crippen molar-refractivity contribution in [1.29, 1.82) is 0 Å². The van der Waals surface area contributed by atoms with Gasteiger partial charge in [0.1, 0.15) is 24.2 Å². The van der Waals surface area contributed by atoms with E-state index in [-0.39, 0.29) is 40.4 Å². The summed E-state index contributed by atoms with van der Waals surface area (Å²) in [6.45, 7) is 5.53. The van der Waals surface area contributed by atoms with Gasteiger partial charge in [-0.3, -0.25) is 19.3 Å². The van der Waals surface area contributed by atoms with Gasteiger partial charge >= 0.3 is 5.97 Å². The molecule has 12 nitrogen and oxygen atoms in total. The van der Waals surface area contributed by atoms with Crippen molar-refractivity contribution in [1.82, 2.24) is 15.2 Å². The largest absolute Gasteiger partial charge is 0.445 e. The van der Waals surface area contributed by atoms with Crippen LogP contribution < -0.4 is 11.1 Å². The molecule has 218 valence electrons.